The number of esters is 1. The van der Waals surface area contributed by atoms with Crippen LogP contribution in [-0.2, 0) is 14.3 Å². The van der Waals surface area contributed by atoms with Crippen molar-refractivity contribution in [3.05, 3.63) is 58.7 Å². The second-order valence-corrected chi connectivity index (χ2v) is 7.10. The van der Waals surface area contributed by atoms with Gasteiger partial charge in [0, 0.05) is 16.1 Å². The number of fused-ring (bicyclic) bond motifs is 1. The minimum Gasteiger partial charge on any atom is -0.488 e. The molecular weight excluding hydrogens is 376 g/mol. The van der Waals surface area contributed by atoms with Crippen LogP contribution in [0, 0.1) is 24.5 Å². The number of thioether (sulfide) groups is 1. The van der Waals surface area contributed by atoms with Crippen LogP contribution in [0.15, 0.2) is 46.9 Å². The van der Waals surface area contributed by atoms with Gasteiger partial charge in [-0.25, -0.2) is 4.79 Å². The SMILES string of the molecule is Cc1cc(SC#N)cc(C)c1NC(=O)COC(=O)C1=Cc2ccccc2OC1. The summed E-state index contributed by atoms with van der Waals surface area (Å²) in [7, 11) is 0. The van der Waals surface area contributed by atoms with E-state index < -0.39 is 18.5 Å². The number of ether oxygens (including phenoxy) is 2. The van der Waals surface area contributed by atoms with Crippen molar-refractivity contribution in [2.75, 3.05) is 18.5 Å². The normalized spacial score (nSPS) is 12.1. The smallest absolute Gasteiger partial charge is 0.338 e. The highest BCUT2D eigenvalue weighted by Crippen LogP contribution is 2.28. The first-order valence-corrected chi connectivity index (χ1v) is 9.36. The van der Waals surface area contributed by atoms with Crippen LogP contribution in [0.1, 0.15) is 16.7 Å². The Hall–Kier alpha value is -3.24. The van der Waals surface area contributed by atoms with Crippen molar-refractivity contribution < 1.29 is 19.1 Å². The average Bonchev–Trinajstić information content (AvgIpc) is 2.69. The zero-order valence-electron chi connectivity index (χ0n) is 15.4. The van der Waals surface area contributed by atoms with Crippen molar-refractivity contribution in [1.29, 1.82) is 5.26 Å². The molecule has 7 heteroatoms. The highest BCUT2D eigenvalue weighted by molar-refractivity contribution is 8.03. The molecule has 0 radical (unpaired) electrons. The van der Waals surface area contributed by atoms with E-state index in [1.165, 1.54) is 0 Å². The molecule has 0 bridgehead atoms. The summed E-state index contributed by atoms with van der Waals surface area (Å²) < 4.78 is 10.7. The van der Waals surface area contributed by atoms with Gasteiger partial charge in [-0.15, -0.1) is 0 Å². The molecule has 28 heavy (non-hydrogen) atoms. The van der Waals surface area contributed by atoms with Crippen molar-refractivity contribution >= 4 is 35.4 Å². The van der Waals surface area contributed by atoms with E-state index in [1.807, 2.05) is 55.6 Å². The Morgan fingerprint density at radius 3 is 2.68 bits per heavy atom. The predicted molar refractivity (Wildman–Crippen MR) is 107 cm³/mol. The van der Waals surface area contributed by atoms with E-state index in [2.05, 4.69) is 5.32 Å². The Morgan fingerprint density at radius 2 is 1.96 bits per heavy atom. The third-order valence-corrected chi connectivity index (χ3v) is 4.73. The van der Waals surface area contributed by atoms with Crippen LogP contribution in [0.5, 0.6) is 5.75 Å². The summed E-state index contributed by atoms with van der Waals surface area (Å²) in [6.45, 7) is 3.40. The first-order valence-electron chi connectivity index (χ1n) is 8.54. The molecule has 2 aromatic rings. The van der Waals surface area contributed by atoms with Gasteiger partial charge in [0.1, 0.15) is 17.8 Å². The van der Waals surface area contributed by atoms with Gasteiger partial charge in [-0.1, -0.05) is 18.2 Å². The molecule has 0 unspecified atom stereocenters. The Bertz CT molecular complexity index is 985. The summed E-state index contributed by atoms with van der Waals surface area (Å²) in [5, 5.41) is 13.6. The average molecular weight is 394 g/mol. The highest BCUT2D eigenvalue weighted by atomic mass is 32.2. The number of amides is 1. The summed E-state index contributed by atoms with van der Waals surface area (Å²) in [6.07, 6.45) is 1.71. The molecule has 1 N–H and O–H groups in total. The number of nitriles is 1. The number of nitrogens with zero attached hydrogens (tertiary/aromatic N) is 1. The van der Waals surface area contributed by atoms with E-state index in [0.29, 0.717) is 17.0 Å². The van der Waals surface area contributed by atoms with Crippen molar-refractivity contribution in [2.45, 2.75) is 18.7 Å². The second-order valence-electron chi connectivity index (χ2n) is 6.25. The Balaban J connectivity index is 1.60. The maximum atomic E-state index is 12.2. The van der Waals surface area contributed by atoms with E-state index >= 15 is 0 Å². The fourth-order valence-corrected chi connectivity index (χ4v) is 3.44. The van der Waals surface area contributed by atoms with Crippen molar-refractivity contribution in [2.24, 2.45) is 0 Å². The van der Waals surface area contributed by atoms with Gasteiger partial charge in [0.05, 0.1) is 5.57 Å². The largest absolute Gasteiger partial charge is 0.488 e. The number of rotatable bonds is 5. The van der Waals surface area contributed by atoms with E-state index in [4.69, 9.17) is 14.7 Å². The van der Waals surface area contributed by atoms with Crippen LogP contribution in [0.2, 0.25) is 0 Å². The minimum atomic E-state index is -0.584. The van der Waals surface area contributed by atoms with Gasteiger partial charge in [0.2, 0.25) is 0 Å². The van der Waals surface area contributed by atoms with Gasteiger partial charge in [-0.05, 0) is 61.0 Å². The lowest BCUT2D eigenvalue weighted by atomic mass is 10.1. The number of aryl methyl sites for hydroxylation is 2. The zero-order chi connectivity index (χ0) is 20.1. The fourth-order valence-electron chi connectivity index (χ4n) is 2.87. The molecule has 1 aliphatic heterocycles. The summed E-state index contributed by atoms with van der Waals surface area (Å²) in [4.78, 5) is 25.3. The van der Waals surface area contributed by atoms with Gasteiger partial charge in [0.15, 0.2) is 6.61 Å². The molecule has 0 aliphatic carbocycles. The quantitative estimate of drug-likeness (QED) is 0.471. The molecule has 0 atom stereocenters. The number of benzene rings is 2. The summed E-state index contributed by atoms with van der Waals surface area (Å²) in [5.41, 5.74) is 3.47. The molecular formula is C21H18N2O4S. The lowest BCUT2D eigenvalue weighted by Gasteiger charge is -2.17. The van der Waals surface area contributed by atoms with Gasteiger partial charge in [-0.3, -0.25) is 4.79 Å². The monoisotopic (exact) mass is 394 g/mol. The third-order valence-electron chi connectivity index (χ3n) is 4.16. The van der Waals surface area contributed by atoms with E-state index in [9.17, 15) is 9.59 Å². The number of carbonyl (C=O) groups excluding carboxylic acids is 2. The van der Waals surface area contributed by atoms with Crippen molar-refractivity contribution in [3.63, 3.8) is 0 Å². The zero-order valence-corrected chi connectivity index (χ0v) is 16.3. The number of nitrogens with one attached hydrogen (secondary N) is 1. The van der Waals surface area contributed by atoms with Crippen LogP contribution < -0.4 is 10.1 Å². The lowest BCUT2D eigenvalue weighted by Crippen LogP contribution is -2.24. The molecule has 1 amide bonds. The molecule has 2 aromatic carbocycles. The van der Waals surface area contributed by atoms with Crippen LogP contribution in [0.3, 0.4) is 0 Å². The number of hydrogen-bond acceptors (Lipinski definition) is 6. The summed E-state index contributed by atoms with van der Waals surface area (Å²) in [6, 6.07) is 11.0. The molecule has 0 spiro atoms. The van der Waals surface area contributed by atoms with Crippen LogP contribution in [-0.4, -0.2) is 25.1 Å². The maximum Gasteiger partial charge on any atom is 0.338 e. The molecule has 1 heterocycles. The fraction of sp³-hybridized carbons (Fsp3) is 0.190. The molecule has 142 valence electrons. The van der Waals surface area contributed by atoms with Crippen LogP contribution in [0.25, 0.3) is 6.08 Å². The van der Waals surface area contributed by atoms with Crippen LogP contribution >= 0.6 is 11.8 Å². The number of thiocyanates is 1. The number of para-hydroxylation sites is 1. The van der Waals surface area contributed by atoms with E-state index in [-0.39, 0.29) is 6.61 Å². The number of hydrogen-bond donors (Lipinski definition) is 1. The second kappa shape index (κ2) is 8.63. The first kappa shape index (κ1) is 19.5. The Morgan fingerprint density at radius 1 is 1.25 bits per heavy atom. The first-order chi connectivity index (χ1) is 13.5. The van der Waals surface area contributed by atoms with Gasteiger partial charge in [0.25, 0.3) is 5.91 Å². The van der Waals surface area contributed by atoms with Crippen molar-refractivity contribution in [1.82, 2.24) is 0 Å². The van der Waals surface area contributed by atoms with Gasteiger partial charge < -0.3 is 14.8 Å². The third kappa shape index (κ3) is 4.53. The topological polar surface area (TPSA) is 88.4 Å². The van der Waals surface area contributed by atoms with E-state index in [0.717, 1.165) is 33.3 Å². The Labute approximate surface area is 167 Å². The van der Waals surface area contributed by atoms with Crippen molar-refractivity contribution in [3.8, 4) is 11.2 Å². The molecule has 0 fully saturated rings. The molecule has 3 rings (SSSR count). The van der Waals surface area contributed by atoms with Gasteiger partial charge in [-0.2, -0.15) is 5.26 Å². The summed E-state index contributed by atoms with van der Waals surface area (Å²) in [5.74, 6) is -0.308. The molecule has 6 nitrogen and oxygen atoms in total. The van der Waals surface area contributed by atoms with Crippen LogP contribution in [0.4, 0.5) is 5.69 Å². The molecule has 0 aromatic heterocycles. The predicted octanol–water partition coefficient (Wildman–Crippen LogP) is 3.83. The molecule has 0 saturated heterocycles. The summed E-state index contributed by atoms with van der Waals surface area (Å²) >= 11 is 1.06. The highest BCUT2D eigenvalue weighted by Gasteiger charge is 2.19. The molecule has 0 saturated carbocycles. The van der Waals surface area contributed by atoms with E-state index in [1.54, 1.807) is 6.08 Å². The lowest BCUT2D eigenvalue weighted by molar-refractivity contribution is -0.143. The Kier molecular flexibility index (Phi) is 6.02. The minimum absolute atomic E-state index is 0.105. The van der Waals surface area contributed by atoms with Gasteiger partial charge >= 0.3 is 5.97 Å². The number of carbonyl (C=O) groups is 2. The number of anilines is 1. The molecule has 1 aliphatic rings. The maximum absolute atomic E-state index is 12.2. The standard InChI is InChI=1S/C21H18N2O4S/c1-13-7-17(28-12-22)8-14(2)20(13)23-19(24)11-27-21(25)16-9-15-5-3-4-6-18(15)26-10-16/h3-9H,10-11H2,1-2H3,(H,23,24).